The smallest absolute Gasteiger partial charge is 0.229 e. The summed E-state index contributed by atoms with van der Waals surface area (Å²) in [4.78, 5) is 24.7. The van der Waals surface area contributed by atoms with Gasteiger partial charge in [-0.05, 0) is 64.2 Å². The largest absolute Gasteiger partial charge is 0.394 e. The molecule has 7 atom stereocenters. The number of carbonyl (C=O) groups is 2. The summed E-state index contributed by atoms with van der Waals surface area (Å²) in [7, 11) is 0. The number of hydrogen-bond donors (Lipinski definition) is 3. The van der Waals surface area contributed by atoms with Crippen LogP contribution in [-0.4, -0.2) is 78.9 Å². The molecule has 5 fully saturated rings. The van der Waals surface area contributed by atoms with Gasteiger partial charge in [0.05, 0.1) is 6.61 Å². The first kappa shape index (κ1) is 25.4. The molecule has 0 radical (unpaired) electrons. The van der Waals surface area contributed by atoms with Crippen LogP contribution in [0, 0.1) is 11.8 Å². The SMILES string of the molecule is CC1CCC(NC(=O)CC(=O)NC2CCC(C3OC4OC5C(CO)OC(C)OC5C4O3)CC2)CC1. The number of nitrogens with one attached hydrogen (secondary N) is 2. The number of amides is 2. The second-order valence-electron chi connectivity index (χ2n) is 11.0. The molecule has 2 saturated carbocycles. The highest BCUT2D eigenvalue weighted by Gasteiger charge is 2.58. The molecular weight excluding hydrogens is 456 g/mol. The number of ether oxygens (including phenoxy) is 5. The zero-order valence-electron chi connectivity index (χ0n) is 20.7. The summed E-state index contributed by atoms with van der Waals surface area (Å²) in [6, 6.07) is 0.268. The average Bonchev–Trinajstić information content (AvgIpc) is 3.39. The summed E-state index contributed by atoms with van der Waals surface area (Å²) in [5.74, 6) is 0.546. The molecule has 0 spiro atoms. The second kappa shape index (κ2) is 11.0. The molecule has 2 aliphatic carbocycles. The van der Waals surface area contributed by atoms with Crippen LogP contribution in [0.3, 0.4) is 0 Å². The molecule has 3 N–H and O–H groups in total. The maximum absolute atomic E-state index is 12.4. The van der Waals surface area contributed by atoms with Gasteiger partial charge in [0.1, 0.15) is 30.8 Å². The molecule has 3 saturated heterocycles. The maximum atomic E-state index is 12.4. The summed E-state index contributed by atoms with van der Waals surface area (Å²) in [6.07, 6.45) is 4.64. The van der Waals surface area contributed by atoms with Crippen molar-refractivity contribution in [2.45, 2.75) is 127 Å². The number of fused-ring (bicyclic) bond motifs is 3. The molecule has 3 heterocycles. The maximum Gasteiger partial charge on any atom is 0.229 e. The summed E-state index contributed by atoms with van der Waals surface area (Å²) in [6.45, 7) is 3.90. The van der Waals surface area contributed by atoms with Gasteiger partial charge in [0.25, 0.3) is 0 Å². The Bertz CT molecular complexity index is 752. The van der Waals surface area contributed by atoms with Crippen LogP contribution >= 0.6 is 0 Å². The van der Waals surface area contributed by atoms with Crippen molar-refractivity contribution in [2.75, 3.05) is 6.61 Å². The standard InChI is InChI=1S/C25H40N2O8/c1-13-3-7-16(8-4-13)26-19(29)11-20(30)27-17-9-5-15(6-10-17)24-34-23-22-21(33-25(23)35-24)18(12-28)31-14(2)32-22/h13-18,21-25,28H,3-12H2,1-2H3,(H,26,29)(H,27,30). The van der Waals surface area contributed by atoms with Crippen molar-refractivity contribution in [1.82, 2.24) is 10.6 Å². The van der Waals surface area contributed by atoms with Crippen LogP contribution < -0.4 is 10.6 Å². The van der Waals surface area contributed by atoms with Gasteiger partial charge in [-0.15, -0.1) is 0 Å². The quantitative estimate of drug-likeness (QED) is 0.471. The van der Waals surface area contributed by atoms with Crippen molar-refractivity contribution in [3.8, 4) is 0 Å². The fourth-order valence-electron chi connectivity index (χ4n) is 6.27. The number of aliphatic hydroxyl groups excluding tert-OH is 1. The average molecular weight is 497 g/mol. The van der Waals surface area contributed by atoms with Crippen molar-refractivity contribution in [3.05, 3.63) is 0 Å². The van der Waals surface area contributed by atoms with Gasteiger partial charge in [-0.1, -0.05) is 6.92 Å². The molecular formula is C25H40N2O8. The molecule has 0 aromatic rings. The molecule has 5 aliphatic rings. The van der Waals surface area contributed by atoms with E-state index in [1.807, 2.05) is 0 Å². The van der Waals surface area contributed by atoms with Gasteiger partial charge < -0.3 is 39.4 Å². The predicted molar refractivity (Wildman–Crippen MR) is 123 cm³/mol. The van der Waals surface area contributed by atoms with E-state index in [-0.39, 0.29) is 61.3 Å². The first-order valence-electron chi connectivity index (χ1n) is 13.4. The third kappa shape index (κ3) is 5.83. The molecule has 35 heavy (non-hydrogen) atoms. The van der Waals surface area contributed by atoms with Crippen LogP contribution in [0.15, 0.2) is 0 Å². The van der Waals surface area contributed by atoms with E-state index in [1.54, 1.807) is 6.92 Å². The molecule has 0 aromatic heterocycles. The van der Waals surface area contributed by atoms with Crippen molar-refractivity contribution < 1.29 is 38.4 Å². The van der Waals surface area contributed by atoms with Crippen molar-refractivity contribution in [3.63, 3.8) is 0 Å². The van der Waals surface area contributed by atoms with E-state index in [9.17, 15) is 14.7 Å². The minimum absolute atomic E-state index is 0.0635. The van der Waals surface area contributed by atoms with E-state index >= 15 is 0 Å². The summed E-state index contributed by atoms with van der Waals surface area (Å²) < 4.78 is 29.8. The first-order chi connectivity index (χ1) is 16.9. The van der Waals surface area contributed by atoms with Gasteiger partial charge >= 0.3 is 0 Å². The lowest BCUT2D eigenvalue weighted by molar-refractivity contribution is -0.298. The Balaban J connectivity index is 1.02. The highest BCUT2D eigenvalue weighted by Crippen LogP contribution is 2.42. The minimum Gasteiger partial charge on any atom is -0.394 e. The molecule has 5 rings (SSSR count). The van der Waals surface area contributed by atoms with Gasteiger partial charge in [-0.25, -0.2) is 0 Å². The highest BCUT2D eigenvalue weighted by atomic mass is 16.8. The Labute approximate surface area is 206 Å². The van der Waals surface area contributed by atoms with E-state index < -0.39 is 24.8 Å². The van der Waals surface area contributed by atoms with E-state index in [0.717, 1.165) is 57.3 Å². The third-order valence-electron chi connectivity index (χ3n) is 8.25. The molecule has 0 aromatic carbocycles. The topological polar surface area (TPSA) is 125 Å². The fourth-order valence-corrected chi connectivity index (χ4v) is 6.27. The van der Waals surface area contributed by atoms with Gasteiger partial charge in [0.15, 0.2) is 18.9 Å². The molecule has 198 valence electrons. The molecule has 0 bridgehead atoms. The van der Waals surface area contributed by atoms with Crippen LogP contribution in [0.4, 0.5) is 0 Å². The molecule has 2 amide bonds. The summed E-state index contributed by atoms with van der Waals surface area (Å²) in [5.41, 5.74) is 0. The lowest BCUT2D eigenvalue weighted by atomic mass is 9.85. The van der Waals surface area contributed by atoms with E-state index in [4.69, 9.17) is 23.7 Å². The number of aliphatic hydroxyl groups is 1. The van der Waals surface area contributed by atoms with E-state index in [2.05, 4.69) is 17.6 Å². The van der Waals surface area contributed by atoms with Crippen molar-refractivity contribution in [2.24, 2.45) is 11.8 Å². The highest BCUT2D eigenvalue weighted by molar-refractivity contribution is 5.97. The van der Waals surface area contributed by atoms with E-state index in [1.165, 1.54) is 0 Å². The summed E-state index contributed by atoms with van der Waals surface area (Å²) in [5, 5.41) is 15.7. The zero-order chi connectivity index (χ0) is 24.5. The Hall–Kier alpha value is -1.30. The third-order valence-corrected chi connectivity index (χ3v) is 8.25. The molecule has 7 unspecified atom stereocenters. The number of rotatable bonds is 6. The number of hydrogen-bond acceptors (Lipinski definition) is 8. The Morgan fingerprint density at radius 3 is 1.94 bits per heavy atom. The van der Waals surface area contributed by atoms with Crippen LogP contribution in [-0.2, 0) is 33.3 Å². The normalized spacial score (nSPS) is 45.4. The fraction of sp³-hybridized carbons (Fsp3) is 0.920. The van der Waals surface area contributed by atoms with Crippen LogP contribution in [0.25, 0.3) is 0 Å². The van der Waals surface area contributed by atoms with Gasteiger partial charge in [-0.3, -0.25) is 9.59 Å². The van der Waals surface area contributed by atoms with Crippen LogP contribution in [0.2, 0.25) is 0 Å². The number of carbonyl (C=O) groups excluding carboxylic acids is 2. The summed E-state index contributed by atoms with van der Waals surface area (Å²) >= 11 is 0. The Morgan fingerprint density at radius 1 is 0.714 bits per heavy atom. The van der Waals surface area contributed by atoms with Crippen LogP contribution in [0.5, 0.6) is 0 Å². The second-order valence-corrected chi connectivity index (χ2v) is 11.0. The van der Waals surface area contributed by atoms with Gasteiger partial charge in [-0.2, -0.15) is 0 Å². The van der Waals surface area contributed by atoms with Gasteiger partial charge in [0.2, 0.25) is 11.8 Å². The lowest BCUT2D eigenvalue weighted by Gasteiger charge is -2.38. The molecule has 10 heteroatoms. The van der Waals surface area contributed by atoms with E-state index in [0.29, 0.717) is 0 Å². The first-order valence-corrected chi connectivity index (χ1v) is 13.4. The van der Waals surface area contributed by atoms with Crippen molar-refractivity contribution >= 4 is 11.8 Å². The van der Waals surface area contributed by atoms with Crippen molar-refractivity contribution in [1.29, 1.82) is 0 Å². The monoisotopic (exact) mass is 496 g/mol. The van der Waals surface area contributed by atoms with Gasteiger partial charge in [0, 0.05) is 18.0 Å². The minimum atomic E-state index is -0.527. The van der Waals surface area contributed by atoms with Crippen LogP contribution in [0.1, 0.15) is 71.6 Å². The predicted octanol–water partition coefficient (Wildman–Crippen LogP) is 1.34. The molecule has 3 aliphatic heterocycles. The zero-order valence-corrected chi connectivity index (χ0v) is 20.7. The Morgan fingerprint density at radius 2 is 1.31 bits per heavy atom. The molecule has 10 nitrogen and oxygen atoms in total. The Kier molecular flexibility index (Phi) is 7.96. The lowest BCUT2D eigenvalue weighted by Crippen LogP contribution is -2.52.